The number of hydroxylamine groups is 2. The number of carbonyl (C=O) groups is 2. The minimum absolute atomic E-state index is 0.127. The SMILES string of the molecule is NC(=O)C1CC[C@@H]2CN1C(=O)N2OS(=O)(=O)[O-]. The third kappa shape index (κ3) is 2.18. The lowest BCUT2D eigenvalue weighted by molar-refractivity contribution is -0.122. The highest BCUT2D eigenvalue weighted by atomic mass is 32.3. The first kappa shape index (κ1) is 12.1. The van der Waals surface area contributed by atoms with E-state index in [1.807, 2.05) is 0 Å². The quantitative estimate of drug-likeness (QED) is 0.469. The van der Waals surface area contributed by atoms with E-state index in [0.717, 1.165) is 4.90 Å². The fourth-order valence-corrected chi connectivity index (χ4v) is 2.51. The van der Waals surface area contributed by atoms with E-state index in [9.17, 15) is 22.6 Å². The molecular formula is C7H10N3O6S-. The highest BCUT2D eigenvalue weighted by Crippen LogP contribution is 2.30. The van der Waals surface area contributed by atoms with Crippen LogP contribution in [-0.4, -0.2) is 53.5 Å². The minimum atomic E-state index is -5.00. The van der Waals surface area contributed by atoms with Crippen LogP contribution in [0.15, 0.2) is 0 Å². The molecule has 0 spiro atoms. The first-order valence-corrected chi connectivity index (χ1v) is 6.17. The summed E-state index contributed by atoms with van der Waals surface area (Å²) in [7, 11) is -5.00. The lowest BCUT2D eigenvalue weighted by atomic mass is 10.0. The predicted molar refractivity (Wildman–Crippen MR) is 50.7 cm³/mol. The number of nitrogens with two attached hydrogens (primary N) is 1. The second-order valence-corrected chi connectivity index (χ2v) is 4.86. The maximum absolute atomic E-state index is 11.7. The summed E-state index contributed by atoms with van der Waals surface area (Å²) in [5, 5.41) is 0.505. The van der Waals surface area contributed by atoms with Gasteiger partial charge in [-0.2, -0.15) is 9.35 Å². The lowest BCUT2D eigenvalue weighted by Gasteiger charge is -2.27. The molecule has 0 aromatic carbocycles. The Morgan fingerprint density at radius 3 is 2.65 bits per heavy atom. The van der Waals surface area contributed by atoms with Crippen molar-refractivity contribution in [1.29, 1.82) is 0 Å². The van der Waals surface area contributed by atoms with Gasteiger partial charge >= 0.3 is 6.03 Å². The fourth-order valence-electron chi connectivity index (χ4n) is 2.12. The van der Waals surface area contributed by atoms with E-state index < -0.39 is 34.4 Å². The maximum atomic E-state index is 11.7. The number of primary amides is 1. The number of hydrogen-bond donors (Lipinski definition) is 1. The lowest BCUT2D eigenvalue weighted by Crippen LogP contribution is -2.47. The van der Waals surface area contributed by atoms with Crippen LogP contribution in [0.2, 0.25) is 0 Å². The van der Waals surface area contributed by atoms with Crippen LogP contribution in [0.1, 0.15) is 12.8 Å². The Hall–Kier alpha value is -1.39. The Labute approximate surface area is 97.0 Å². The Morgan fingerprint density at radius 2 is 2.12 bits per heavy atom. The average molecular weight is 264 g/mol. The van der Waals surface area contributed by atoms with Gasteiger partial charge in [-0.25, -0.2) is 13.2 Å². The standard InChI is InChI=1S/C7H11N3O6S/c8-6(11)5-2-1-4-3-9(5)7(12)10(4)16-17(13,14)15/h4-5H,1-3H2,(H2,8,11)(H,13,14,15)/p-1/t4-,5?/m1/s1. The summed E-state index contributed by atoms with van der Waals surface area (Å²) in [6.07, 6.45) is 0.676. The van der Waals surface area contributed by atoms with Crippen molar-refractivity contribution in [1.82, 2.24) is 9.96 Å². The van der Waals surface area contributed by atoms with Crippen molar-refractivity contribution in [3.8, 4) is 0 Å². The topological polar surface area (TPSA) is 133 Å². The molecule has 96 valence electrons. The minimum Gasteiger partial charge on any atom is -0.724 e. The molecule has 2 bridgehead atoms. The van der Waals surface area contributed by atoms with Crippen molar-refractivity contribution < 1.29 is 26.8 Å². The van der Waals surface area contributed by atoms with Crippen molar-refractivity contribution in [2.75, 3.05) is 6.54 Å². The molecule has 0 aromatic rings. The Balaban J connectivity index is 2.20. The second-order valence-electron chi connectivity index (χ2n) is 3.89. The highest BCUT2D eigenvalue weighted by Gasteiger charge is 2.48. The van der Waals surface area contributed by atoms with Gasteiger partial charge in [-0.1, -0.05) is 0 Å². The molecule has 1 unspecified atom stereocenters. The molecule has 0 aromatic heterocycles. The van der Waals surface area contributed by atoms with Crippen molar-refractivity contribution in [3.63, 3.8) is 0 Å². The van der Waals surface area contributed by atoms with Gasteiger partial charge in [0.2, 0.25) is 16.3 Å². The second kappa shape index (κ2) is 3.82. The van der Waals surface area contributed by atoms with Crippen LogP contribution < -0.4 is 5.73 Å². The molecule has 2 heterocycles. The molecule has 2 aliphatic rings. The molecular weight excluding hydrogens is 254 g/mol. The van der Waals surface area contributed by atoms with Gasteiger partial charge in [0.15, 0.2) is 0 Å². The molecule has 2 saturated heterocycles. The molecule has 2 aliphatic heterocycles. The highest BCUT2D eigenvalue weighted by molar-refractivity contribution is 7.80. The summed E-state index contributed by atoms with van der Waals surface area (Å²) in [5.41, 5.74) is 5.11. The van der Waals surface area contributed by atoms with Crippen molar-refractivity contribution >= 4 is 22.3 Å². The summed E-state index contributed by atoms with van der Waals surface area (Å²) >= 11 is 0. The Bertz CT molecular complexity index is 462. The van der Waals surface area contributed by atoms with E-state index in [-0.39, 0.29) is 6.54 Å². The number of amides is 3. The average Bonchev–Trinajstić information content (AvgIpc) is 2.42. The van der Waals surface area contributed by atoms with Gasteiger partial charge in [0.1, 0.15) is 6.04 Å². The largest absolute Gasteiger partial charge is 0.724 e. The third-order valence-electron chi connectivity index (χ3n) is 2.82. The van der Waals surface area contributed by atoms with Gasteiger partial charge in [0.25, 0.3) is 0 Å². The molecule has 10 heteroatoms. The molecule has 2 rings (SSSR count). The van der Waals surface area contributed by atoms with E-state index in [4.69, 9.17) is 5.73 Å². The third-order valence-corrected chi connectivity index (χ3v) is 3.17. The van der Waals surface area contributed by atoms with Gasteiger partial charge < -0.3 is 15.2 Å². The summed E-state index contributed by atoms with van der Waals surface area (Å²) in [6, 6.07) is -2.14. The molecule has 0 aliphatic carbocycles. The van der Waals surface area contributed by atoms with Gasteiger partial charge in [0.05, 0.1) is 6.04 Å². The molecule has 2 fully saturated rings. The number of nitrogens with zero attached hydrogens (tertiary/aromatic N) is 2. The van der Waals surface area contributed by atoms with Crippen LogP contribution in [0.25, 0.3) is 0 Å². The number of carbonyl (C=O) groups excluding carboxylic acids is 2. The normalized spacial score (nSPS) is 28.6. The van der Waals surface area contributed by atoms with E-state index in [1.54, 1.807) is 0 Å². The van der Waals surface area contributed by atoms with E-state index in [1.165, 1.54) is 0 Å². The van der Waals surface area contributed by atoms with Crippen LogP contribution in [0.4, 0.5) is 4.79 Å². The maximum Gasteiger partial charge on any atom is 0.346 e. The molecule has 9 nitrogen and oxygen atoms in total. The van der Waals surface area contributed by atoms with E-state index >= 15 is 0 Å². The van der Waals surface area contributed by atoms with Crippen LogP contribution in [0, 0.1) is 0 Å². The molecule has 2 atom stereocenters. The predicted octanol–water partition coefficient (Wildman–Crippen LogP) is -1.87. The summed E-state index contributed by atoms with van der Waals surface area (Å²) in [5.74, 6) is -0.663. The first-order valence-electron chi connectivity index (χ1n) is 4.84. The zero-order valence-corrected chi connectivity index (χ0v) is 9.42. The smallest absolute Gasteiger partial charge is 0.346 e. The van der Waals surface area contributed by atoms with E-state index in [0.29, 0.717) is 17.9 Å². The van der Waals surface area contributed by atoms with Gasteiger partial charge in [-0.3, -0.25) is 4.79 Å². The van der Waals surface area contributed by atoms with Crippen LogP contribution in [0.3, 0.4) is 0 Å². The summed E-state index contributed by atoms with van der Waals surface area (Å²) in [6.45, 7) is 0.127. The fraction of sp³-hybridized carbons (Fsp3) is 0.714. The van der Waals surface area contributed by atoms with Crippen LogP contribution in [0.5, 0.6) is 0 Å². The van der Waals surface area contributed by atoms with Gasteiger partial charge in [-0.15, -0.1) is 0 Å². The van der Waals surface area contributed by atoms with E-state index in [2.05, 4.69) is 4.28 Å². The van der Waals surface area contributed by atoms with Gasteiger partial charge in [-0.05, 0) is 12.8 Å². The monoisotopic (exact) mass is 264 g/mol. The van der Waals surface area contributed by atoms with Crippen molar-refractivity contribution in [2.45, 2.75) is 24.9 Å². The zero-order valence-electron chi connectivity index (χ0n) is 8.61. The summed E-state index contributed by atoms with van der Waals surface area (Å²) < 4.78 is 35.4. The zero-order chi connectivity index (χ0) is 12.8. The number of urea groups is 1. The van der Waals surface area contributed by atoms with Crippen molar-refractivity contribution in [3.05, 3.63) is 0 Å². The number of hydrogen-bond acceptors (Lipinski definition) is 6. The molecule has 3 amide bonds. The molecule has 17 heavy (non-hydrogen) atoms. The Morgan fingerprint density at radius 1 is 1.47 bits per heavy atom. The Kier molecular flexibility index (Phi) is 2.72. The van der Waals surface area contributed by atoms with Gasteiger partial charge in [0, 0.05) is 6.54 Å². The van der Waals surface area contributed by atoms with Crippen molar-refractivity contribution in [2.24, 2.45) is 5.73 Å². The van der Waals surface area contributed by atoms with Crippen LogP contribution in [-0.2, 0) is 19.5 Å². The molecule has 0 radical (unpaired) electrons. The first-order chi connectivity index (χ1) is 7.79. The molecule has 0 saturated carbocycles. The number of piperidine rings is 1. The van der Waals surface area contributed by atoms with Crippen LogP contribution >= 0.6 is 0 Å². The summed E-state index contributed by atoms with van der Waals surface area (Å²) in [4.78, 5) is 23.9. The number of rotatable bonds is 3. The number of fused-ring (bicyclic) bond motifs is 2. The molecule has 2 N–H and O–H groups in total.